The molecule has 20 heavy (non-hydrogen) atoms. The molecule has 0 spiro atoms. The number of anilines is 2. The molecule has 0 saturated heterocycles. The quantitative estimate of drug-likeness (QED) is 0.660. The summed E-state index contributed by atoms with van der Waals surface area (Å²) in [6.07, 6.45) is 4.31. The van der Waals surface area contributed by atoms with Crippen LogP contribution in [0.4, 0.5) is 11.9 Å². The van der Waals surface area contributed by atoms with Crippen LogP contribution in [0.25, 0.3) is 0 Å². The molecule has 0 atom stereocenters. The number of rotatable bonds is 8. The topological polar surface area (TPSA) is 91.4 Å². The summed E-state index contributed by atoms with van der Waals surface area (Å²) in [5.41, 5.74) is 5.75. The fourth-order valence-electron chi connectivity index (χ4n) is 2.13. The highest BCUT2D eigenvalue weighted by molar-refractivity contribution is 5.32. The lowest BCUT2D eigenvalue weighted by atomic mass is 10.3. The molecular formula is C13H24N6O. The van der Waals surface area contributed by atoms with Gasteiger partial charge in [-0.05, 0) is 32.2 Å². The lowest BCUT2D eigenvalue weighted by Crippen LogP contribution is -2.28. The van der Waals surface area contributed by atoms with E-state index in [1.165, 1.54) is 12.8 Å². The second-order valence-corrected chi connectivity index (χ2v) is 5.44. The Balaban J connectivity index is 2.02. The van der Waals surface area contributed by atoms with Crippen molar-refractivity contribution in [1.82, 2.24) is 19.9 Å². The van der Waals surface area contributed by atoms with E-state index < -0.39 is 0 Å². The first kappa shape index (κ1) is 14.9. The molecular weight excluding hydrogens is 256 g/mol. The largest absolute Gasteiger partial charge is 0.396 e. The minimum absolute atomic E-state index is 0.252. The second-order valence-electron chi connectivity index (χ2n) is 5.44. The van der Waals surface area contributed by atoms with Gasteiger partial charge in [0.15, 0.2) is 0 Å². The number of nitrogen functional groups attached to an aromatic ring is 1. The molecule has 0 amide bonds. The van der Waals surface area contributed by atoms with E-state index in [-0.39, 0.29) is 12.6 Å². The van der Waals surface area contributed by atoms with Crippen molar-refractivity contribution in [3.8, 4) is 0 Å². The molecule has 1 heterocycles. The number of hydrogen-bond donors (Lipinski definition) is 2. The molecule has 1 aliphatic rings. The third kappa shape index (κ3) is 4.28. The van der Waals surface area contributed by atoms with Crippen molar-refractivity contribution in [2.24, 2.45) is 0 Å². The molecule has 2 rings (SSSR count). The van der Waals surface area contributed by atoms with Gasteiger partial charge in [-0.25, -0.2) is 0 Å². The van der Waals surface area contributed by atoms with Crippen LogP contribution in [-0.4, -0.2) is 58.2 Å². The smallest absolute Gasteiger partial charge is 0.229 e. The maximum Gasteiger partial charge on any atom is 0.229 e. The second kappa shape index (κ2) is 6.81. The Labute approximate surface area is 119 Å². The number of aliphatic hydroxyl groups excluding tert-OH is 1. The molecule has 0 unspecified atom stereocenters. The fourth-order valence-corrected chi connectivity index (χ4v) is 2.13. The van der Waals surface area contributed by atoms with Crippen molar-refractivity contribution < 1.29 is 5.11 Å². The lowest BCUT2D eigenvalue weighted by Gasteiger charge is -2.21. The maximum atomic E-state index is 8.88. The zero-order valence-corrected chi connectivity index (χ0v) is 12.3. The average Bonchev–Trinajstić information content (AvgIpc) is 3.21. The molecule has 112 valence electrons. The van der Waals surface area contributed by atoms with Gasteiger partial charge in [0.1, 0.15) is 5.82 Å². The van der Waals surface area contributed by atoms with Gasteiger partial charge < -0.3 is 15.7 Å². The minimum atomic E-state index is 0.252. The molecule has 1 aromatic heterocycles. The van der Waals surface area contributed by atoms with Crippen molar-refractivity contribution in [3.05, 3.63) is 5.82 Å². The number of nitrogens with two attached hydrogens (primary N) is 1. The van der Waals surface area contributed by atoms with E-state index in [0.29, 0.717) is 18.5 Å². The molecule has 1 aliphatic carbocycles. The number of hydrogen-bond acceptors (Lipinski definition) is 7. The minimum Gasteiger partial charge on any atom is -0.396 e. The SMILES string of the molecule is CN(C)c1nc(N)nc(CN(CCCCO)C2CC2)n1. The monoisotopic (exact) mass is 280 g/mol. The molecule has 1 saturated carbocycles. The fraction of sp³-hybridized carbons (Fsp3) is 0.769. The highest BCUT2D eigenvalue weighted by Gasteiger charge is 2.29. The Morgan fingerprint density at radius 2 is 1.95 bits per heavy atom. The van der Waals surface area contributed by atoms with Crippen molar-refractivity contribution in [2.75, 3.05) is 37.9 Å². The van der Waals surface area contributed by atoms with Crippen LogP contribution >= 0.6 is 0 Å². The van der Waals surface area contributed by atoms with Crippen molar-refractivity contribution >= 4 is 11.9 Å². The predicted octanol–water partition coefficient (Wildman–Crippen LogP) is 0.257. The van der Waals surface area contributed by atoms with Crippen LogP contribution in [0.1, 0.15) is 31.5 Å². The number of aromatic nitrogens is 3. The van der Waals surface area contributed by atoms with E-state index in [1.54, 1.807) is 0 Å². The third-order valence-corrected chi connectivity index (χ3v) is 3.35. The summed E-state index contributed by atoms with van der Waals surface area (Å²) < 4.78 is 0. The van der Waals surface area contributed by atoms with Gasteiger partial charge in [0, 0.05) is 26.7 Å². The Kier molecular flexibility index (Phi) is 5.08. The van der Waals surface area contributed by atoms with Crippen LogP contribution in [0.15, 0.2) is 0 Å². The molecule has 0 aromatic carbocycles. The summed E-state index contributed by atoms with van der Waals surface area (Å²) in [5.74, 6) is 1.58. The zero-order valence-electron chi connectivity index (χ0n) is 12.3. The highest BCUT2D eigenvalue weighted by Crippen LogP contribution is 2.28. The third-order valence-electron chi connectivity index (χ3n) is 3.35. The summed E-state index contributed by atoms with van der Waals surface area (Å²) in [5, 5.41) is 8.88. The first-order chi connectivity index (χ1) is 9.60. The Bertz CT molecular complexity index is 435. The average molecular weight is 280 g/mol. The Hall–Kier alpha value is -1.47. The molecule has 0 radical (unpaired) electrons. The van der Waals surface area contributed by atoms with Crippen LogP contribution in [0.3, 0.4) is 0 Å². The van der Waals surface area contributed by atoms with Crippen LogP contribution < -0.4 is 10.6 Å². The summed E-state index contributed by atoms with van der Waals surface area (Å²) in [7, 11) is 3.77. The van der Waals surface area contributed by atoms with Gasteiger partial charge in [-0.2, -0.15) is 15.0 Å². The first-order valence-electron chi connectivity index (χ1n) is 7.13. The summed E-state index contributed by atoms with van der Waals surface area (Å²) in [6, 6.07) is 0.634. The van der Waals surface area contributed by atoms with E-state index in [9.17, 15) is 0 Å². The van der Waals surface area contributed by atoms with Crippen LogP contribution in [0.5, 0.6) is 0 Å². The molecule has 7 heteroatoms. The van der Waals surface area contributed by atoms with Crippen LogP contribution in [0.2, 0.25) is 0 Å². The zero-order chi connectivity index (χ0) is 14.5. The number of nitrogens with zero attached hydrogens (tertiary/aromatic N) is 5. The molecule has 1 aromatic rings. The van der Waals surface area contributed by atoms with E-state index in [0.717, 1.165) is 25.2 Å². The van der Waals surface area contributed by atoms with E-state index in [4.69, 9.17) is 10.8 Å². The molecule has 1 fully saturated rings. The van der Waals surface area contributed by atoms with Gasteiger partial charge in [-0.15, -0.1) is 0 Å². The van der Waals surface area contributed by atoms with Gasteiger partial charge in [0.2, 0.25) is 11.9 Å². The van der Waals surface area contributed by atoms with Gasteiger partial charge >= 0.3 is 0 Å². The summed E-state index contributed by atoms with van der Waals surface area (Å²) in [4.78, 5) is 17.0. The molecule has 7 nitrogen and oxygen atoms in total. The Morgan fingerprint density at radius 3 is 2.55 bits per heavy atom. The summed E-state index contributed by atoms with van der Waals surface area (Å²) in [6.45, 7) is 1.92. The first-order valence-corrected chi connectivity index (χ1v) is 7.13. The van der Waals surface area contributed by atoms with Crippen LogP contribution in [-0.2, 0) is 6.54 Å². The highest BCUT2D eigenvalue weighted by atomic mass is 16.2. The van der Waals surface area contributed by atoms with Crippen molar-refractivity contribution in [1.29, 1.82) is 0 Å². The molecule has 0 aliphatic heterocycles. The lowest BCUT2D eigenvalue weighted by molar-refractivity contribution is 0.224. The van der Waals surface area contributed by atoms with Gasteiger partial charge in [0.05, 0.1) is 6.54 Å². The molecule has 0 bridgehead atoms. The van der Waals surface area contributed by atoms with Gasteiger partial charge in [0.25, 0.3) is 0 Å². The van der Waals surface area contributed by atoms with Crippen molar-refractivity contribution in [2.45, 2.75) is 38.3 Å². The number of unbranched alkanes of at least 4 members (excludes halogenated alkanes) is 1. The van der Waals surface area contributed by atoms with E-state index >= 15 is 0 Å². The normalized spacial score (nSPS) is 14.8. The molecule has 3 N–H and O–H groups in total. The van der Waals surface area contributed by atoms with Crippen molar-refractivity contribution in [3.63, 3.8) is 0 Å². The Morgan fingerprint density at radius 1 is 1.20 bits per heavy atom. The van der Waals surface area contributed by atoms with Gasteiger partial charge in [-0.1, -0.05) is 0 Å². The standard InChI is InChI=1S/C13H24N6O/c1-18(2)13-16-11(15-12(14)17-13)9-19(10-5-6-10)7-3-4-8-20/h10,20H,3-9H2,1-2H3,(H2,14,15,16,17). The van der Waals surface area contributed by atoms with Crippen LogP contribution in [0, 0.1) is 0 Å². The van der Waals surface area contributed by atoms with E-state index in [1.807, 2.05) is 19.0 Å². The van der Waals surface area contributed by atoms with E-state index in [2.05, 4.69) is 19.9 Å². The summed E-state index contributed by atoms with van der Waals surface area (Å²) >= 11 is 0. The number of aliphatic hydroxyl groups is 1. The maximum absolute atomic E-state index is 8.88. The predicted molar refractivity (Wildman–Crippen MR) is 78.3 cm³/mol. The van der Waals surface area contributed by atoms with Gasteiger partial charge in [-0.3, -0.25) is 4.90 Å².